The minimum absolute atomic E-state index is 0.672. The first-order valence-electron chi connectivity index (χ1n) is 6.53. The molecule has 0 N–H and O–H groups in total. The second-order valence-corrected chi connectivity index (χ2v) is 7.08. The molecule has 0 unspecified atom stereocenters. The molecule has 0 aromatic heterocycles. The Balaban J connectivity index is 3.05. The van der Waals surface area contributed by atoms with Crippen molar-refractivity contribution in [1.29, 1.82) is 0 Å². The molecule has 0 heterocycles. The van der Waals surface area contributed by atoms with E-state index < -0.39 is 0 Å². The van der Waals surface area contributed by atoms with E-state index in [1.165, 1.54) is 11.3 Å². The van der Waals surface area contributed by atoms with E-state index in [0.29, 0.717) is 11.8 Å². The number of halogens is 2. The molecule has 102 valence electrons. The third-order valence-corrected chi connectivity index (χ3v) is 3.80. The summed E-state index contributed by atoms with van der Waals surface area (Å²) in [5.74, 6) is 1.34. The van der Waals surface area contributed by atoms with Crippen LogP contribution in [0.2, 0.25) is 0 Å². The number of rotatable bonds is 6. The van der Waals surface area contributed by atoms with Gasteiger partial charge in [-0.1, -0.05) is 65.6 Å². The highest BCUT2D eigenvalue weighted by Crippen LogP contribution is 2.28. The maximum atomic E-state index is 3.59. The van der Waals surface area contributed by atoms with Crippen molar-refractivity contribution >= 4 is 37.5 Å². The first-order valence-corrected chi connectivity index (χ1v) is 8.44. The van der Waals surface area contributed by atoms with E-state index in [4.69, 9.17) is 0 Å². The van der Waals surface area contributed by atoms with E-state index in [-0.39, 0.29) is 0 Å². The molecule has 3 heteroatoms. The summed E-state index contributed by atoms with van der Waals surface area (Å²) in [5, 5.41) is 0.905. The lowest BCUT2D eigenvalue weighted by Gasteiger charge is -2.30. The molecular formula is C15H23Br2N. The summed E-state index contributed by atoms with van der Waals surface area (Å²) in [6, 6.07) is 6.55. The SMILES string of the molecule is CC(C)CN(CC(C)C)c1cc(Br)ccc1CBr. The third kappa shape index (κ3) is 4.93. The number of hydrogen-bond acceptors (Lipinski definition) is 1. The summed E-state index contributed by atoms with van der Waals surface area (Å²) < 4.78 is 1.15. The van der Waals surface area contributed by atoms with Gasteiger partial charge in [0, 0.05) is 28.6 Å². The van der Waals surface area contributed by atoms with E-state index >= 15 is 0 Å². The highest BCUT2D eigenvalue weighted by Gasteiger charge is 2.14. The lowest BCUT2D eigenvalue weighted by molar-refractivity contribution is 0.552. The van der Waals surface area contributed by atoms with Gasteiger partial charge >= 0.3 is 0 Å². The third-order valence-electron chi connectivity index (χ3n) is 2.70. The van der Waals surface area contributed by atoms with Crippen LogP contribution in [0.15, 0.2) is 22.7 Å². The summed E-state index contributed by atoms with van der Waals surface area (Å²) in [4.78, 5) is 2.51. The molecule has 0 spiro atoms. The Labute approximate surface area is 128 Å². The summed E-state index contributed by atoms with van der Waals surface area (Å²) in [7, 11) is 0. The van der Waals surface area contributed by atoms with Crippen LogP contribution in [0.5, 0.6) is 0 Å². The summed E-state index contributed by atoms with van der Waals surface area (Å²) in [5.41, 5.74) is 2.71. The summed E-state index contributed by atoms with van der Waals surface area (Å²) >= 11 is 7.18. The molecule has 18 heavy (non-hydrogen) atoms. The number of benzene rings is 1. The molecule has 0 atom stereocenters. The highest BCUT2D eigenvalue weighted by molar-refractivity contribution is 9.10. The van der Waals surface area contributed by atoms with Crippen molar-refractivity contribution in [3.63, 3.8) is 0 Å². The molecule has 1 rings (SSSR count). The Hall–Kier alpha value is -0.0200. The van der Waals surface area contributed by atoms with Gasteiger partial charge in [-0.3, -0.25) is 0 Å². The molecule has 0 aliphatic heterocycles. The molecule has 0 fully saturated rings. The molecule has 0 aliphatic rings. The Morgan fingerprint density at radius 1 is 1.06 bits per heavy atom. The molecule has 1 nitrogen and oxygen atoms in total. The molecule has 0 bridgehead atoms. The van der Waals surface area contributed by atoms with Crippen LogP contribution in [0.25, 0.3) is 0 Å². The monoisotopic (exact) mass is 375 g/mol. The topological polar surface area (TPSA) is 3.24 Å². The van der Waals surface area contributed by atoms with E-state index in [0.717, 1.165) is 22.9 Å². The average Bonchev–Trinajstić information content (AvgIpc) is 2.26. The van der Waals surface area contributed by atoms with Crippen LogP contribution in [0, 0.1) is 11.8 Å². The van der Waals surface area contributed by atoms with Crippen molar-refractivity contribution < 1.29 is 0 Å². The quantitative estimate of drug-likeness (QED) is 0.595. The van der Waals surface area contributed by atoms with Gasteiger partial charge in [0.2, 0.25) is 0 Å². The summed E-state index contributed by atoms with van der Waals surface area (Å²) in [6.45, 7) is 11.3. The predicted molar refractivity (Wildman–Crippen MR) is 88.7 cm³/mol. The van der Waals surface area contributed by atoms with Crippen molar-refractivity contribution in [3.05, 3.63) is 28.2 Å². The van der Waals surface area contributed by atoms with Gasteiger partial charge in [-0.25, -0.2) is 0 Å². The van der Waals surface area contributed by atoms with E-state index in [1.807, 2.05) is 0 Å². The van der Waals surface area contributed by atoms with Gasteiger partial charge in [-0.2, -0.15) is 0 Å². The van der Waals surface area contributed by atoms with Crippen molar-refractivity contribution in [2.45, 2.75) is 33.0 Å². The Bertz CT molecular complexity index is 365. The Morgan fingerprint density at radius 2 is 1.61 bits per heavy atom. The maximum Gasteiger partial charge on any atom is 0.0418 e. The van der Waals surface area contributed by atoms with E-state index in [1.54, 1.807) is 0 Å². The zero-order valence-electron chi connectivity index (χ0n) is 11.7. The maximum absolute atomic E-state index is 3.59. The van der Waals surface area contributed by atoms with Crippen LogP contribution >= 0.6 is 31.9 Å². The Morgan fingerprint density at radius 3 is 2.06 bits per heavy atom. The number of alkyl halides is 1. The smallest absolute Gasteiger partial charge is 0.0418 e. The minimum Gasteiger partial charge on any atom is -0.371 e. The number of hydrogen-bond donors (Lipinski definition) is 0. The van der Waals surface area contributed by atoms with Gasteiger partial charge < -0.3 is 4.90 Å². The molecule has 1 aromatic rings. The van der Waals surface area contributed by atoms with Crippen LogP contribution in [0.1, 0.15) is 33.3 Å². The number of nitrogens with zero attached hydrogens (tertiary/aromatic N) is 1. The second-order valence-electron chi connectivity index (χ2n) is 5.60. The second kappa shape index (κ2) is 7.54. The van der Waals surface area contributed by atoms with Gasteiger partial charge in [-0.05, 0) is 29.5 Å². The standard InChI is InChI=1S/C15H23Br2N/c1-11(2)9-18(10-12(3)4)15-7-14(17)6-5-13(15)8-16/h5-7,11-12H,8-10H2,1-4H3. The zero-order chi connectivity index (χ0) is 13.7. The zero-order valence-corrected chi connectivity index (χ0v) is 14.9. The van der Waals surface area contributed by atoms with Gasteiger partial charge in [0.05, 0.1) is 0 Å². The molecule has 1 aromatic carbocycles. The molecule has 0 saturated carbocycles. The summed E-state index contributed by atoms with van der Waals surface area (Å²) in [6.07, 6.45) is 0. The van der Waals surface area contributed by atoms with Gasteiger partial charge in [0.1, 0.15) is 0 Å². The van der Waals surface area contributed by atoms with Crippen LogP contribution in [-0.2, 0) is 5.33 Å². The molecule has 0 saturated heterocycles. The van der Waals surface area contributed by atoms with Crippen molar-refractivity contribution in [3.8, 4) is 0 Å². The van der Waals surface area contributed by atoms with Crippen LogP contribution in [-0.4, -0.2) is 13.1 Å². The first kappa shape index (κ1) is 16.0. The van der Waals surface area contributed by atoms with Crippen molar-refractivity contribution in [2.24, 2.45) is 11.8 Å². The van der Waals surface area contributed by atoms with E-state index in [2.05, 4.69) is 82.7 Å². The van der Waals surface area contributed by atoms with Crippen molar-refractivity contribution in [2.75, 3.05) is 18.0 Å². The van der Waals surface area contributed by atoms with Crippen LogP contribution in [0.4, 0.5) is 5.69 Å². The van der Waals surface area contributed by atoms with Gasteiger partial charge in [0.25, 0.3) is 0 Å². The molecular weight excluding hydrogens is 354 g/mol. The fourth-order valence-corrected chi connectivity index (χ4v) is 2.92. The van der Waals surface area contributed by atoms with Crippen molar-refractivity contribution in [1.82, 2.24) is 0 Å². The fourth-order valence-electron chi connectivity index (χ4n) is 2.10. The average molecular weight is 377 g/mol. The lowest BCUT2D eigenvalue weighted by atomic mass is 10.1. The largest absolute Gasteiger partial charge is 0.371 e. The number of anilines is 1. The van der Waals surface area contributed by atoms with Gasteiger partial charge in [0.15, 0.2) is 0 Å². The van der Waals surface area contributed by atoms with Gasteiger partial charge in [-0.15, -0.1) is 0 Å². The lowest BCUT2D eigenvalue weighted by Crippen LogP contribution is -2.32. The van der Waals surface area contributed by atoms with E-state index in [9.17, 15) is 0 Å². The molecule has 0 radical (unpaired) electrons. The van der Waals surface area contributed by atoms with Crippen LogP contribution in [0.3, 0.4) is 0 Å². The first-order chi connectivity index (χ1) is 8.43. The minimum atomic E-state index is 0.672. The predicted octanol–water partition coefficient (Wildman–Crippen LogP) is 5.46. The van der Waals surface area contributed by atoms with Crippen LogP contribution < -0.4 is 4.90 Å². The molecule has 0 aliphatic carbocycles. The molecule has 0 amide bonds. The normalized spacial score (nSPS) is 11.3. The fraction of sp³-hybridized carbons (Fsp3) is 0.600. The Kier molecular flexibility index (Phi) is 6.72. The highest BCUT2D eigenvalue weighted by atomic mass is 79.9.